The fourth-order valence-electron chi connectivity index (χ4n) is 0.620. The number of esters is 1. The first-order chi connectivity index (χ1) is 6.61. The quantitative estimate of drug-likeness (QED) is 0.350. The Morgan fingerprint density at radius 1 is 1.64 bits per heavy atom. The summed E-state index contributed by atoms with van der Waals surface area (Å²) in [6.07, 6.45) is 0.844. The highest BCUT2D eigenvalue weighted by atomic mass is 32.4. The summed E-state index contributed by atoms with van der Waals surface area (Å²) >= 11 is 0. The number of aldehydes is 1. The van der Waals surface area contributed by atoms with Gasteiger partial charge in [-0.05, 0) is 7.45 Å². The molecule has 0 rings (SSSR count). The molecule has 14 heavy (non-hydrogen) atoms. The Morgan fingerprint density at radius 2 is 2.14 bits per heavy atom. The number of carbonyl (C=O) groups excluding carboxylic acids is 2. The second-order valence-corrected chi connectivity index (χ2v) is 8.21. The van der Waals surface area contributed by atoms with Gasteiger partial charge in [0.25, 0.3) is 0 Å². The molecule has 0 bridgehead atoms. The number of rotatable bonds is 5. The Bertz CT molecular complexity index is 178. The van der Waals surface area contributed by atoms with Crippen LogP contribution in [0, 0.1) is 0 Å². The average molecular weight is 255 g/mol. The van der Waals surface area contributed by atoms with Gasteiger partial charge in [0.1, 0.15) is 12.3 Å². The maximum atomic E-state index is 11.0. The number of hydrogen-bond donors (Lipinski definition) is 1. The first-order valence-corrected chi connectivity index (χ1v) is 8.26. The summed E-state index contributed by atoms with van der Waals surface area (Å²) in [5.74, 6) is -0.403. The molecule has 82 valence electrons. The Labute approximate surface area is 90.2 Å². The van der Waals surface area contributed by atoms with E-state index < -0.39 is 19.5 Å². The predicted octanol–water partition coefficient (Wildman–Crippen LogP) is 1.49. The van der Waals surface area contributed by atoms with Crippen LogP contribution in [0.5, 0.6) is 0 Å². The van der Waals surface area contributed by atoms with E-state index >= 15 is 0 Å². The SMILES string of the molecule is C=C.COC(=O)C(CC=O)NP(P)P. The molecule has 0 aliphatic heterocycles. The van der Waals surface area contributed by atoms with Crippen molar-refractivity contribution < 1.29 is 14.3 Å². The van der Waals surface area contributed by atoms with Crippen molar-refractivity contribution in [2.45, 2.75) is 12.5 Å². The molecule has 0 heterocycles. The number of hydrogen-bond acceptors (Lipinski definition) is 4. The van der Waals surface area contributed by atoms with Gasteiger partial charge in [-0.3, -0.25) is 9.88 Å². The molecule has 0 aliphatic rings. The van der Waals surface area contributed by atoms with Gasteiger partial charge in [-0.2, -0.15) is 0 Å². The Balaban J connectivity index is 0. The molecule has 7 heteroatoms. The summed E-state index contributed by atoms with van der Waals surface area (Å²) in [6, 6.07) is -0.520. The van der Waals surface area contributed by atoms with E-state index in [2.05, 4.69) is 40.8 Å². The van der Waals surface area contributed by atoms with Crippen LogP contribution in [0.4, 0.5) is 0 Å². The van der Waals surface area contributed by atoms with Crippen LogP contribution in [0.25, 0.3) is 0 Å². The van der Waals surface area contributed by atoms with Crippen LogP contribution in [-0.4, -0.2) is 25.4 Å². The average Bonchev–Trinajstić information content (AvgIpc) is 2.18. The number of ether oxygens (including phenoxy) is 1. The normalized spacial score (nSPS) is 11.1. The lowest BCUT2D eigenvalue weighted by Gasteiger charge is -2.15. The first kappa shape index (κ1) is 16.6. The molecular weight excluding hydrogens is 239 g/mol. The van der Waals surface area contributed by atoms with Crippen molar-refractivity contribution in [3.63, 3.8) is 0 Å². The van der Waals surface area contributed by atoms with Crippen molar-refractivity contribution in [1.29, 1.82) is 0 Å². The Hall–Kier alpha value is 0.130. The van der Waals surface area contributed by atoms with Gasteiger partial charge in [-0.25, -0.2) is 0 Å². The third kappa shape index (κ3) is 8.72. The maximum absolute atomic E-state index is 11.0. The minimum Gasteiger partial charge on any atom is -0.468 e. The third-order valence-corrected chi connectivity index (χ3v) is 2.63. The van der Waals surface area contributed by atoms with E-state index in [1.165, 1.54) is 7.11 Å². The van der Waals surface area contributed by atoms with E-state index in [-0.39, 0.29) is 6.42 Å². The number of methoxy groups -OCH3 is 1. The van der Waals surface area contributed by atoms with Gasteiger partial charge in [0.05, 0.1) is 7.11 Å². The zero-order valence-electron chi connectivity index (χ0n) is 8.10. The highest BCUT2D eigenvalue weighted by Gasteiger charge is 2.18. The van der Waals surface area contributed by atoms with Crippen molar-refractivity contribution in [3.8, 4) is 0 Å². The molecule has 0 radical (unpaired) electrons. The van der Waals surface area contributed by atoms with Crippen LogP contribution in [0.15, 0.2) is 13.2 Å². The molecular formula is C7H16NO3P3. The van der Waals surface area contributed by atoms with Crippen LogP contribution >= 0.6 is 25.3 Å². The summed E-state index contributed by atoms with van der Waals surface area (Å²) in [6.45, 7) is 6.00. The molecule has 0 aliphatic carbocycles. The van der Waals surface area contributed by atoms with E-state index in [9.17, 15) is 9.59 Å². The minimum absolute atomic E-state index is 0.147. The fourth-order valence-corrected chi connectivity index (χ4v) is 2.27. The number of carbonyl (C=O) groups is 2. The van der Waals surface area contributed by atoms with Crippen LogP contribution in [0.1, 0.15) is 6.42 Å². The molecule has 0 spiro atoms. The standard InChI is InChI=1S/C5H12NO3P3.C2H4/c1-9-5(8)4(2-3-7)6-12(10)11;1-2/h3-4,6H,2,10-11H2,1H3;1-2H2. The highest BCUT2D eigenvalue weighted by Crippen LogP contribution is 2.48. The molecule has 3 atom stereocenters. The van der Waals surface area contributed by atoms with Crippen molar-refractivity contribution in [1.82, 2.24) is 5.09 Å². The number of nitrogens with one attached hydrogen (secondary N) is 1. The van der Waals surface area contributed by atoms with Crippen molar-refractivity contribution >= 4 is 37.6 Å². The smallest absolute Gasteiger partial charge is 0.323 e. The van der Waals surface area contributed by atoms with Crippen molar-refractivity contribution in [2.75, 3.05) is 7.11 Å². The molecule has 0 aromatic rings. The minimum atomic E-state index is -0.566. The lowest BCUT2D eigenvalue weighted by molar-refractivity contribution is -0.143. The summed E-state index contributed by atoms with van der Waals surface area (Å²) in [5, 5.41) is 2.92. The highest BCUT2D eigenvalue weighted by molar-refractivity contribution is 8.42. The lowest BCUT2D eigenvalue weighted by atomic mass is 10.2. The second-order valence-electron chi connectivity index (χ2n) is 2.01. The van der Waals surface area contributed by atoms with Crippen LogP contribution in [0.3, 0.4) is 0 Å². The van der Waals surface area contributed by atoms with Gasteiger partial charge in [-0.15, -0.1) is 13.2 Å². The zero-order valence-corrected chi connectivity index (χ0v) is 11.3. The van der Waals surface area contributed by atoms with Crippen LogP contribution in [0.2, 0.25) is 0 Å². The van der Waals surface area contributed by atoms with E-state index in [4.69, 9.17) is 0 Å². The Morgan fingerprint density at radius 3 is 2.43 bits per heavy atom. The summed E-state index contributed by atoms with van der Waals surface area (Å²) in [4.78, 5) is 21.1. The van der Waals surface area contributed by atoms with Gasteiger partial charge in [0, 0.05) is 6.42 Å². The lowest BCUT2D eigenvalue weighted by Crippen LogP contribution is -2.33. The van der Waals surface area contributed by atoms with Crippen LogP contribution < -0.4 is 5.09 Å². The predicted molar refractivity (Wildman–Crippen MR) is 67.2 cm³/mol. The third-order valence-electron chi connectivity index (χ3n) is 1.12. The molecule has 0 aromatic carbocycles. The molecule has 4 nitrogen and oxygen atoms in total. The monoisotopic (exact) mass is 255 g/mol. The van der Waals surface area contributed by atoms with E-state index in [0.717, 1.165) is 0 Å². The van der Waals surface area contributed by atoms with Crippen molar-refractivity contribution in [3.05, 3.63) is 13.2 Å². The fraction of sp³-hybridized carbons (Fsp3) is 0.429. The molecule has 1 N–H and O–H groups in total. The molecule has 0 fully saturated rings. The summed E-state index contributed by atoms with van der Waals surface area (Å²) < 4.78 is 4.50. The topological polar surface area (TPSA) is 55.4 Å². The second kappa shape index (κ2) is 11.2. The molecule has 0 saturated carbocycles. The van der Waals surface area contributed by atoms with Crippen LogP contribution in [-0.2, 0) is 14.3 Å². The zero-order chi connectivity index (χ0) is 11.6. The molecule has 0 saturated heterocycles. The summed E-state index contributed by atoms with van der Waals surface area (Å²) in [7, 11) is 5.76. The summed E-state index contributed by atoms with van der Waals surface area (Å²) in [5.41, 5.74) is 0. The van der Waals surface area contributed by atoms with Gasteiger partial charge in [0.2, 0.25) is 0 Å². The van der Waals surface area contributed by atoms with Crippen molar-refractivity contribution in [2.24, 2.45) is 0 Å². The van der Waals surface area contributed by atoms with E-state index in [0.29, 0.717) is 6.29 Å². The molecule has 0 amide bonds. The molecule has 3 unspecified atom stereocenters. The maximum Gasteiger partial charge on any atom is 0.323 e. The Kier molecular flexibility index (Phi) is 13.3. The van der Waals surface area contributed by atoms with Gasteiger partial charge >= 0.3 is 5.97 Å². The van der Waals surface area contributed by atoms with Gasteiger partial charge < -0.3 is 9.53 Å². The van der Waals surface area contributed by atoms with E-state index in [1.54, 1.807) is 0 Å². The molecule has 0 aromatic heterocycles. The first-order valence-electron chi connectivity index (χ1n) is 3.69. The van der Waals surface area contributed by atoms with Gasteiger partial charge in [-0.1, -0.05) is 17.9 Å². The van der Waals surface area contributed by atoms with Gasteiger partial charge in [0.15, 0.2) is 0 Å². The van der Waals surface area contributed by atoms with E-state index in [1.807, 2.05) is 0 Å². The largest absolute Gasteiger partial charge is 0.468 e.